The summed E-state index contributed by atoms with van der Waals surface area (Å²) in [6.45, 7) is 6.24. The third kappa shape index (κ3) is 3.53. The molecule has 1 aromatic rings. The molecule has 0 aromatic carbocycles. The summed E-state index contributed by atoms with van der Waals surface area (Å²) < 4.78 is 0.884. The minimum atomic E-state index is 0.00332. The lowest BCUT2D eigenvalue weighted by molar-refractivity contribution is 0.630. The summed E-state index contributed by atoms with van der Waals surface area (Å²) in [4.78, 5) is 4.17. The minimum Gasteiger partial charge on any atom is -0.365 e. The van der Waals surface area contributed by atoms with Crippen LogP contribution in [0.25, 0.3) is 0 Å². The van der Waals surface area contributed by atoms with E-state index in [0.717, 1.165) is 10.3 Å². The molecule has 1 rings (SSSR count). The molecule has 0 aliphatic rings. The third-order valence-electron chi connectivity index (χ3n) is 1.30. The number of halogens is 2. The fourth-order valence-corrected chi connectivity index (χ4v) is 1.60. The summed E-state index contributed by atoms with van der Waals surface area (Å²) in [6, 6.07) is 1.82. The van der Waals surface area contributed by atoms with Gasteiger partial charge in [-0.1, -0.05) is 11.6 Å². The van der Waals surface area contributed by atoms with Crippen LogP contribution in [0.2, 0.25) is 5.02 Å². The first-order valence-electron chi connectivity index (χ1n) is 3.98. The summed E-state index contributed by atoms with van der Waals surface area (Å²) in [5, 5.41) is 3.89. The average Bonchev–Trinajstić information content (AvgIpc) is 1.93. The summed E-state index contributed by atoms with van der Waals surface area (Å²) >= 11 is 9.16. The van der Waals surface area contributed by atoms with Gasteiger partial charge in [0.15, 0.2) is 0 Å². The monoisotopic (exact) mass is 262 g/mol. The highest BCUT2D eigenvalue weighted by molar-refractivity contribution is 9.10. The molecule has 1 heterocycles. The van der Waals surface area contributed by atoms with Crippen molar-refractivity contribution in [2.75, 3.05) is 5.32 Å². The smallest absolute Gasteiger partial charge is 0.140 e. The second-order valence-electron chi connectivity index (χ2n) is 3.86. The fraction of sp³-hybridized carbons (Fsp3) is 0.444. The average molecular weight is 264 g/mol. The number of nitrogens with zero attached hydrogens (tertiary/aromatic N) is 1. The Morgan fingerprint density at radius 3 is 2.54 bits per heavy atom. The summed E-state index contributed by atoms with van der Waals surface area (Å²) in [7, 11) is 0. The van der Waals surface area contributed by atoms with E-state index >= 15 is 0 Å². The first-order chi connectivity index (χ1) is 5.88. The molecule has 0 atom stereocenters. The van der Waals surface area contributed by atoms with E-state index < -0.39 is 0 Å². The second kappa shape index (κ2) is 3.84. The van der Waals surface area contributed by atoms with Gasteiger partial charge in [0.05, 0.1) is 9.50 Å². The topological polar surface area (TPSA) is 24.9 Å². The first kappa shape index (κ1) is 10.8. The van der Waals surface area contributed by atoms with Crippen LogP contribution in [0.3, 0.4) is 0 Å². The van der Waals surface area contributed by atoms with E-state index in [-0.39, 0.29) is 5.54 Å². The van der Waals surface area contributed by atoms with Gasteiger partial charge >= 0.3 is 0 Å². The van der Waals surface area contributed by atoms with Gasteiger partial charge in [0.25, 0.3) is 0 Å². The molecule has 0 saturated heterocycles. The van der Waals surface area contributed by atoms with E-state index in [2.05, 4.69) is 47.0 Å². The Morgan fingerprint density at radius 2 is 2.08 bits per heavy atom. The van der Waals surface area contributed by atoms with Gasteiger partial charge in [0.1, 0.15) is 5.82 Å². The van der Waals surface area contributed by atoms with Gasteiger partial charge in [0, 0.05) is 11.7 Å². The van der Waals surface area contributed by atoms with Gasteiger partial charge in [0.2, 0.25) is 0 Å². The number of aromatic nitrogens is 1. The molecule has 0 aliphatic heterocycles. The lowest BCUT2D eigenvalue weighted by atomic mass is 10.1. The summed E-state index contributed by atoms with van der Waals surface area (Å²) in [5.74, 6) is 0.817. The quantitative estimate of drug-likeness (QED) is 0.835. The van der Waals surface area contributed by atoms with E-state index in [0.29, 0.717) is 5.02 Å². The number of rotatable bonds is 1. The van der Waals surface area contributed by atoms with Gasteiger partial charge in [-0.3, -0.25) is 0 Å². The standard InChI is InChI=1S/C9H12BrClN2/c1-9(2,3)13-8-7(10)4-6(11)5-12-8/h4-5H,1-3H3,(H,12,13). The number of pyridine rings is 1. The number of nitrogens with one attached hydrogen (secondary N) is 1. The van der Waals surface area contributed by atoms with Crippen LogP contribution in [-0.4, -0.2) is 10.5 Å². The molecule has 1 aromatic heterocycles. The molecule has 0 amide bonds. The maximum atomic E-state index is 5.77. The second-order valence-corrected chi connectivity index (χ2v) is 5.15. The molecule has 72 valence electrons. The van der Waals surface area contributed by atoms with E-state index in [4.69, 9.17) is 11.6 Å². The van der Waals surface area contributed by atoms with Crippen molar-refractivity contribution in [1.82, 2.24) is 4.98 Å². The van der Waals surface area contributed by atoms with Crippen molar-refractivity contribution in [2.24, 2.45) is 0 Å². The zero-order valence-corrected chi connectivity index (χ0v) is 10.2. The molecular weight excluding hydrogens is 251 g/mol. The Kier molecular flexibility index (Phi) is 3.19. The van der Waals surface area contributed by atoms with E-state index in [1.54, 1.807) is 6.20 Å². The Bertz CT molecular complexity index is 307. The number of hydrogen-bond acceptors (Lipinski definition) is 2. The van der Waals surface area contributed by atoms with Crippen LogP contribution in [0, 0.1) is 0 Å². The highest BCUT2D eigenvalue weighted by Gasteiger charge is 2.12. The summed E-state index contributed by atoms with van der Waals surface area (Å²) in [6.07, 6.45) is 1.63. The van der Waals surface area contributed by atoms with Crippen molar-refractivity contribution >= 4 is 33.3 Å². The van der Waals surface area contributed by atoms with E-state index in [9.17, 15) is 0 Å². The first-order valence-corrected chi connectivity index (χ1v) is 5.15. The van der Waals surface area contributed by atoms with Gasteiger partial charge in [-0.15, -0.1) is 0 Å². The van der Waals surface area contributed by atoms with Gasteiger partial charge < -0.3 is 5.32 Å². The van der Waals surface area contributed by atoms with Crippen LogP contribution < -0.4 is 5.32 Å². The molecule has 0 bridgehead atoms. The van der Waals surface area contributed by atoms with E-state index in [1.807, 2.05) is 6.07 Å². The molecule has 0 radical (unpaired) electrons. The molecule has 1 N–H and O–H groups in total. The number of hydrogen-bond donors (Lipinski definition) is 1. The zero-order chi connectivity index (χ0) is 10.1. The lowest BCUT2D eigenvalue weighted by Crippen LogP contribution is -2.26. The largest absolute Gasteiger partial charge is 0.365 e. The van der Waals surface area contributed by atoms with Crippen molar-refractivity contribution in [1.29, 1.82) is 0 Å². The fourth-order valence-electron chi connectivity index (χ4n) is 0.862. The van der Waals surface area contributed by atoms with Crippen molar-refractivity contribution in [3.8, 4) is 0 Å². The van der Waals surface area contributed by atoms with Crippen LogP contribution in [-0.2, 0) is 0 Å². The van der Waals surface area contributed by atoms with Crippen molar-refractivity contribution in [2.45, 2.75) is 26.3 Å². The van der Waals surface area contributed by atoms with Crippen molar-refractivity contribution in [3.05, 3.63) is 21.8 Å². The molecule has 0 unspecified atom stereocenters. The maximum Gasteiger partial charge on any atom is 0.140 e. The van der Waals surface area contributed by atoms with Gasteiger partial charge in [-0.25, -0.2) is 4.98 Å². The van der Waals surface area contributed by atoms with Crippen molar-refractivity contribution in [3.63, 3.8) is 0 Å². The highest BCUT2D eigenvalue weighted by Crippen LogP contribution is 2.25. The Hall–Kier alpha value is -0.280. The van der Waals surface area contributed by atoms with Gasteiger partial charge in [-0.2, -0.15) is 0 Å². The Labute approximate surface area is 91.8 Å². The van der Waals surface area contributed by atoms with Gasteiger partial charge in [-0.05, 0) is 42.8 Å². The Balaban J connectivity index is 2.90. The third-order valence-corrected chi connectivity index (χ3v) is 2.11. The van der Waals surface area contributed by atoms with Crippen LogP contribution in [0.4, 0.5) is 5.82 Å². The molecule has 0 saturated carbocycles. The molecular formula is C9H12BrClN2. The molecule has 0 fully saturated rings. The SMILES string of the molecule is CC(C)(C)Nc1ncc(Cl)cc1Br. The van der Waals surface area contributed by atoms with Crippen LogP contribution in [0.1, 0.15) is 20.8 Å². The molecule has 2 nitrogen and oxygen atoms in total. The maximum absolute atomic E-state index is 5.77. The van der Waals surface area contributed by atoms with Crippen LogP contribution in [0.15, 0.2) is 16.7 Å². The molecule has 13 heavy (non-hydrogen) atoms. The normalized spacial score (nSPS) is 11.5. The minimum absolute atomic E-state index is 0.00332. The highest BCUT2D eigenvalue weighted by atomic mass is 79.9. The molecule has 0 aliphatic carbocycles. The van der Waals surface area contributed by atoms with Crippen LogP contribution >= 0.6 is 27.5 Å². The van der Waals surface area contributed by atoms with Crippen LogP contribution in [0.5, 0.6) is 0 Å². The predicted octanol–water partition coefficient (Wildman–Crippen LogP) is 3.71. The molecule has 0 spiro atoms. The zero-order valence-electron chi connectivity index (χ0n) is 7.86. The Morgan fingerprint density at radius 1 is 1.46 bits per heavy atom. The predicted molar refractivity (Wildman–Crippen MR) is 60.3 cm³/mol. The summed E-state index contributed by atoms with van der Waals surface area (Å²) in [5.41, 5.74) is 0.00332. The molecule has 4 heteroatoms. The van der Waals surface area contributed by atoms with E-state index in [1.165, 1.54) is 0 Å². The van der Waals surface area contributed by atoms with Crippen molar-refractivity contribution < 1.29 is 0 Å². The number of anilines is 1. The lowest BCUT2D eigenvalue weighted by Gasteiger charge is -2.21.